The van der Waals surface area contributed by atoms with Crippen molar-refractivity contribution in [2.75, 3.05) is 13.1 Å². The molecule has 0 aromatic heterocycles. The van der Waals surface area contributed by atoms with E-state index >= 15 is 0 Å². The standard InChI is InChI=1S/C15H32N2/c1-5-10-17(14-8-9-14)15(7-3,12-16)11-13(4)6-2/h13-14H,5-12,16H2,1-4H3. The Morgan fingerprint density at radius 3 is 2.29 bits per heavy atom. The summed E-state index contributed by atoms with van der Waals surface area (Å²) in [5, 5.41) is 0. The van der Waals surface area contributed by atoms with Gasteiger partial charge in [0, 0.05) is 18.1 Å². The quantitative estimate of drug-likeness (QED) is 0.669. The minimum Gasteiger partial charge on any atom is -0.329 e. The Morgan fingerprint density at radius 2 is 1.94 bits per heavy atom. The highest BCUT2D eigenvalue weighted by molar-refractivity contribution is 4.99. The van der Waals surface area contributed by atoms with Crippen LogP contribution in [0.5, 0.6) is 0 Å². The second-order valence-corrected chi connectivity index (χ2v) is 5.92. The number of hydrogen-bond acceptors (Lipinski definition) is 2. The highest BCUT2D eigenvalue weighted by atomic mass is 15.3. The molecule has 1 rings (SSSR count). The van der Waals surface area contributed by atoms with E-state index in [0.29, 0.717) is 0 Å². The van der Waals surface area contributed by atoms with Crippen molar-refractivity contribution in [3.8, 4) is 0 Å². The third-order valence-electron chi connectivity index (χ3n) is 4.52. The maximum Gasteiger partial charge on any atom is 0.0334 e. The molecule has 1 saturated carbocycles. The molecule has 0 aliphatic heterocycles. The summed E-state index contributed by atoms with van der Waals surface area (Å²) in [6.45, 7) is 11.3. The molecule has 0 heterocycles. The Morgan fingerprint density at radius 1 is 1.29 bits per heavy atom. The molecular weight excluding hydrogens is 208 g/mol. The molecule has 1 fully saturated rings. The smallest absolute Gasteiger partial charge is 0.0334 e. The molecule has 102 valence electrons. The molecule has 0 amide bonds. The number of hydrogen-bond donors (Lipinski definition) is 1. The van der Waals surface area contributed by atoms with Gasteiger partial charge in [0.25, 0.3) is 0 Å². The van der Waals surface area contributed by atoms with Crippen molar-refractivity contribution in [3.63, 3.8) is 0 Å². The van der Waals surface area contributed by atoms with E-state index in [1.807, 2.05) is 0 Å². The maximum atomic E-state index is 6.18. The van der Waals surface area contributed by atoms with E-state index in [2.05, 4.69) is 32.6 Å². The van der Waals surface area contributed by atoms with Crippen molar-refractivity contribution in [1.82, 2.24) is 4.90 Å². The van der Waals surface area contributed by atoms with Gasteiger partial charge in [-0.25, -0.2) is 0 Å². The van der Waals surface area contributed by atoms with Crippen molar-refractivity contribution in [2.24, 2.45) is 11.7 Å². The molecule has 0 spiro atoms. The van der Waals surface area contributed by atoms with Gasteiger partial charge in [-0.05, 0) is 44.6 Å². The van der Waals surface area contributed by atoms with Gasteiger partial charge in [0.15, 0.2) is 0 Å². The summed E-state index contributed by atoms with van der Waals surface area (Å²) in [5.74, 6) is 0.789. The van der Waals surface area contributed by atoms with Crippen LogP contribution in [0, 0.1) is 5.92 Å². The molecule has 2 atom stereocenters. The van der Waals surface area contributed by atoms with Gasteiger partial charge in [-0.1, -0.05) is 34.1 Å². The van der Waals surface area contributed by atoms with Crippen molar-refractivity contribution in [1.29, 1.82) is 0 Å². The van der Waals surface area contributed by atoms with E-state index < -0.39 is 0 Å². The molecule has 1 aliphatic rings. The van der Waals surface area contributed by atoms with Crippen LogP contribution in [-0.2, 0) is 0 Å². The SMILES string of the molecule is CCCN(C1CC1)C(CC)(CN)CC(C)CC. The van der Waals surface area contributed by atoms with Gasteiger partial charge in [0.2, 0.25) is 0 Å². The van der Waals surface area contributed by atoms with Gasteiger partial charge < -0.3 is 5.73 Å². The minimum atomic E-state index is 0.270. The molecule has 0 aromatic rings. The highest BCUT2D eigenvalue weighted by Crippen LogP contribution is 2.38. The fourth-order valence-electron chi connectivity index (χ4n) is 3.04. The van der Waals surface area contributed by atoms with Crippen molar-refractivity contribution in [3.05, 3.63) is 0 Å². The number of nitrogens with zero attached hydrogens (tertiary/aromatic N) is 1. The zero-order valence-electron chi connectivity index (χ0n) is 12.3. The number of rotatable bonds is 9. The summed E-state index contributed by atoms with van der Waals surface area (Å²) in [5.41, 5.74) is 6.45. The van der Waals surface area contributed by atoms with Crippen molar-refractivity contribution in [2.45, 2.75) is 77.8 Å². The van der Waals surface area contributed by atoms with Crippen LogP contribution in [0.4, 0.5) is 0 Å². The maximum absolute atomic E-state index is 6.18. The minimum absolute atomic E-state index is 0.270. The number of nitrogens with two attached hydrogens (primary N) is 1. The Balaban J connectivity index is 2.77. The van der Waals surface area contributed by atoms with Crippen LogP contribution in [0.25, 0.3) is 0 Å². The van der Waals surface area contributed by atoms with Crippen LogP contribution in [0.3, 0.4) is 0 Å². The summed E-state index contributed by atoms with van der Waals surface area (Å²) in [4.78, 5) is 2.75. The molecule has 2 heteroatoms. The first-order valence-electron chi connectivity index (χ1n) is 7.60. The van der Waals surface area contributed by atoms with E-state index in [-0.39, 0.29) is 5.54 Å². The van der Waals surface area contributed by atoms with Gasteiger partial charge >= 0.3 is 0 Å². The molecule has 0 radical (unpaired) electrons. The second kappa shape index (κ2) is 6.75. The molecule has 2 N–H and O–H groups in total. The summed E-state index contributed by atoms with van der Waals surface area (Å²) in [6.07, 6.45) is 7.77. The van der Waals surface area contributed by atoms with Gasteiger partial charge in [-0.15, -0.1) is 0 Å². The first kappa shape index (κ1) is 15.0. The predicted molar refractivity (Wildman–Crippen MR) is 76.2 cm³/mol. The monoisotopic (exact) mass is 240 g/mol. The molecular formula is C15H32N2. The average Bonchev–Trinajstić information content (AvgIpc) is 3.17. The molecule has 2 nitrogen and oxygen atoms in total. The van der Waals surface area contributed by atoms with Crippen LogP contribution in [0.15, 0.2) is 0 Å². The van der Waals surface area contributed by atoms with Gasteiger partial charge in [0.1, 0.15) is 0 Å². The van der Waals surface area contributed by atoms with Crippen molar-refractivity contribution >= 4 is 0 Å². The Hall–Kier alpha value is -0.0800. The topological polar surface area (TPSA) is 29.3 Å². The largest absolute Gasteiger partial charge is 0.329 e. The third-order valence-corrected chi connectivity index (χ3v) is 4.52. The first-order chi connectivity index (χ1) is 8.13. The second-order valence-electron chi connectivity index (χ2n) is 5.92. The summed E-state index contributed by atoms with van der Waals surface area (Å²) in [6, 6.07) is 0.836. The normalized spacial score (nSPS) is 21.5. The van der Waals surface area contributed by atoms with E-state index in [4.69, 9.17) is 5.73 Å². The van der Waals surface area contributed by atoms with E-state index in [9.17, 15) is 0 Å². The van der Waals surface area contributed by atoms with Crippen LogP contribution in [-0.4, -0.2) is 29.6 Å². The highest BCUT2D eigenvalue weighted by Gasteiger charge is 2.42. The van der Waals surface area contributed by atoms with Crippen LogP contribution < -0.4 is 5.73 Å². The first-order valence-corrected chi connectivity index (χ1v) is 7.60. The zero-order chi connectivity index (χ0) is 12.9. The Kier molecular flexibility index (Phi) is 5.94. The van der Waals surface area contributed by atoms with Gasteiger partial charge in [-0.3, -0.25) is 4.90 Å². The lowest BCUT2D eigenvalue weighted by Gasteiger charge is -2.45. The van der Waals surface area contributed by atoms with Crippen LogP contribution in [0.2, 0.25) is 0 Å². The van der Waals surface area contributed by atoms with Crippen LogP contribution >= 0.6 is 0 Å². The Labute approximate surface area is 108 Å². The molecule has 0 aromatic carbocycles. The summed E-state index contributed by atoms with van der Waals surface area (Å²) >= 11 is 0. The van der Waals surface area contributed by atoms with Crippen LogP contribution in [0.1, 0.15) is 66.2 Å². The molecule has 1 aliphatic carbocycles. The Bertz CT molecular complexity index is 207. The van der Waals surface area contributed by atoms with Crippen molar-refractivity contribution < 1.29 is 0 Å². The van der Waals surface area contributed by atoms with Gasteiger partial charge in [-0.2, -0.15) is 0 Å². The molecule has 17 heavy (non-hydrogen) atoms. The molecule has 2 unspecified atom stereocenters. The predicted octanol–water partition coefficient (Wildman–Crippen LogP) is 3.40. The zero-order valence-corrected chi connectivity index (χ0v) is 12.3. The lowest BCUT2D eigenvalue weighted by Crippen LogP contribution is -2.55. The lowest BCUT2D eigenvalue weighted by molar-refractivity contribution is 0.0576. The summed E-state index contributed by atoms with van der Waals surface area (Å²) < 4.78 is 0. The van der Waals surface area contributed by atoms with E-state index in [1.54, 1.807) is 0 Å². The summed E-state index contributed by atoms with van der Waals surface area (Å²) in [7, 11) is 0. The van der Waals surface area contributed by atoms with E-state index in [0.717, 1.165) is 18.5 Å². The fourth-order valence-corrected chi connectivity index (χ4v) is 3.04. The third kappa shape index (κ3) is 3.69. The average molecular weight is 240 g/mol. The fraction of sp³-hybridized carbons (Fsp3) is 1.00. The lowest BCUT2D eigenvalue weighted by atomic mass is 9.82. The van der Waals surface area contributed by atoms with Gasteiger partial charge in [0.05, 0.1) is 0 Å². The molecule has 0 saturated heterocycles. The van der Waals surface area contributed by atoms with E-state index in [1.165, 1.54) is 45.1 Å². The molecule has 0 bridgehead atoms.